The quantitative estimate of drug-likeness (QED) is 0.424. The summed E-state index contributed by atoms with van der Waals surface area (Å²) in [6.07, 6.45) is 3.23. The molecule has 2 unspecified atom stereocenters. The van der Waals surface area contributed by atoms with E-state index in [2.05, 4.69) is 39.8 Å². The Balaban J connectivity index is 1.52. The van der Waals surface area contributed by atoms with E-state index in [0.717, 1.165) is 17.7 Å². The smallest absolute Gasteiger partial charge is 0.324 e. The molecule has 2 atom stereocenters. The fraction of sp³-hybridized carbons (Fsp3) is 0.400. The van der Waals surface area contributed by atoms with Crippen molar-refractivity contribution in [1.29, 1.82) is 0 Å². The zero-order valence-corrected chi connectivity index (χ0v) is 19.5. The third-order valence-corrected chi connectivity index (χ3v) is 5.44. The van der Waals surface area contributed by atoms with Gasteiger partial charge in [0.25, 0.3) is 0 Å². The lowest BCUT2D eigenvalue weighted by molar-refractivity contribution is -0.138. The van der Waals surface area contributed by atoms with Gasteiger partial charge in [-0.3, -0.25) is 19.9 Å². The minimum Gasteiger partial charge on any atom is -0.481 e. The molecule has 1 aliphatic heterocycles. The van der Waals surface area contributed by atoms with Crippen LogP contribution in [0, 0.1) is 11.8 Å². The lowest BCUT2D eigenvalue weighted by atomic mass is 9.93. The molecular formula is C25H31N5O4. The Labute approximate surface area is 199 Å². The Morgan fingerprint density at radius 2 is 1.85 bits per heavy atom. The second-order valence-electron chi connectivity index (χ2n) is 8.92. The number of carboxylic acids is 1. The molecule has 3 rings (SSSR count). The lowest BCUT2D eigenvalue weighted by Gasteiger charge is -2.21. The fourth-order valence-electron chi connectivity index (χ4n) is 3.91. The first-order valence-corrected chi connectivity index (χ1v) is 11.4. The summed E-state index contributed by atoms with van der Waals surface area (Å²) < 4.78 is 0. The maximum atomic E-state index is 12.7. The van der Waals surface area contributed by atoms with E-state index in [9.17, 15) is 14.4 Å². The Hall–Kier alpha value is -3.75. The second-order valence-corrected chi connectivity index (χ2v) is 8.92. The molecule has 9 nitrogen and oxygen atoms in total. The number of hydrogen-bond donors (Lipinski definition) is 4. The zero-order valence-electron chi connectivity index (χ0n) is 19.5. The summed E-state index contributed by atoms with van der Waals surface area (Å²) in [5.41, 5.74) is 2.29. The van der Waals surface area contributed by atoms with E-state index in [-0.39, 0.29) is 30.7 Å². The van der Waals surface area contributed by atoms with Gasteiger partial charge in [-0.15, -0.1) is 0 Å². The number of aliphatic imine (C=N–C) groups is 1. The minimum absolute atomic E-state index is 0.00557. The number of carbonyl (C=O) groups excluding carboxylic acids is 2. The van der Waals surface area contributed by atoms with E-state index in [1.807, 2.05) is 0 Å². The molecule has 2 heterocycles. The Kier molecular flexibility index (Phi) is 8.73. The Morgan fingerprint density at radius 3 is 2.50 bits per heavy atom. The van der Waals surface area contributed by atoms with Crippen LogP contribution in [0.25, 0.3) is 0 Å². The summed E-state index contributed by atoms with van der Waals surface area (Å²) in [5, 5.41) is 17.5. The topological polar surface area (TPSA) is 133 Å². The molecular weight excluding hydrogens is 434 g/mol. The summed E-state index contributed by atoms with van der Waals surface area (Å²) in [6, 6.07) is 11.7. The number of carbonyl (C=O) groups is 3. The maximum absolute atomic E-state index is 12.7. The Bertz CT molecular complexity index is 1020. The first kappa shape index (κ1) is 24.9. The molecule has 2 aromatic rings. The second kappa shape index (κ2) is 11.9. The van der Waals surface area contributed by atoms with Crippen molar-refractivity contribution >= 4 is 35.1 Å². The molecule has 1 aliphatic rings. The third kappa shape index (κ3) is 7.99. The van der Waals surface area contributed by atoms with Gasteiger partial charge >= 0.3 is 12.0 Å². The van der Waals surface area contributed by atoms with Gasteiger partial charge in [-0.25, -0.2) is 9.78 Å². The van der Waals surface area contributed by atoms with Gasteiger partial charge in [0.05, 0.1) is 18.9 Å². The van der Waals surface area contributed by atoms with Crippen LogP contribution in [0.3, 0.4) is 0 Å². The molecule has 180 valence electrons. The molecule has 0 saturated carbocycles. The highest BCUT2D eigenvalue weighted by Gasteiger charge is 2.28. The van der Waals surface area contributed by atoms with Crippen molar-refractivity contribution in [2.24, 2.45) is 16.8 Å². The standard InChI is InChI=1S/C25H31N5O4/c1-16(2)11-21(20-12-18(15-27-20)14-24(32)33)29-23(31)13-17-6-8-19(9-7-17)28-25(34)30-22-5-3-4-10-26-22/h3-10,16,18,21H,11-15H2,1-2H3,(H,29,31)(H,32,33)(H2,26,28,30,34). The van der Waals surface area contributed by atoms with E-state index in [0.29, 0.717) is 30.4 Å². The molecule has 1 aromatic carbocycles. The van der Waals surface area contributed by atoms with Crippen LogP contribution in [0.5, 0.6) is 0 Å². The highest BCUT2D eigenvalue weighted by molar-refractivity contribution is 5.99. The van der Waals surface area contributed by atoms with Crippen molar-refractivity contribution in [2.45, 2.75) is 45.6 Å². The largest absolute Gasteiger partial charge is 0.481 e. The predicted molar refractivity (Wildman–Crippen MR) is 131 cm³/mol. The van der Waals surface area contributed by atoms with Gasteiger partial charge in [0.15, 0.2) is 0 Å². The van der Waals surface area contributed by atoms with Gasteiger partial charge in [0.1, 0.15) is 5.82 Å². The van der Waals surface area contributed by atoms with Crippen LogP contribution in [0.1, 0.15) is 38.7 Å². The number of rotatable bonds is 10. The van der Waals surface area contributed by atoms with Crippen molar-refractivity contribution in [2.75, 3.05) is 17.2 Å². The van der Waals surface area contributed by atoms with Gasteiger partial charge in [0.2, 0.25) is 5.91 Å². The first-order valence-electron chi connectivity index (χ1n) is 11.4. The van der Waals surface area contributed by atoms with Crippen molar-refractivity contribution in [3.8, 4) is 0 Å². The van der Waals surface area contributed by atoms with Gasteiger partial charge in [0, 0.05) is 24.1 Å². The number of hydrogen-bond acceptors (Lipinski definition) is 5. The summed E-state index contributed by atoms with van der Waals surface area (Å²) in [6.45, 7) is 4.66. The summed E-state index contributed by atoms with van der Waals surface area (Å²) in [4.78, 5) is 44.4. The number of urea groups is 1. The third-order valence-electron chi connectivity index (χ3n) is 5.44. The number of benzene rings is 1. The van der Waals surface area contributed by atoms with Crippen molar-refractivity contribution < 1.29 is 19.5 Å². The number of aliphatic carboxylic acids is 1. The van der Waals surface area contributed by atoms with Gasteiger partial charge < -0.3 is 15.7 Å². The van der Waals surface area contributed by atoms with E-state index >= 15 is 0 Å². The van der Waals surface area contributed by atoms with E-state index in [1.165, 1.54) is 0 Å². The average Bonchev–Trinajstić information content (AvgIpc) is 3.23. The lowest BCUT2D eigenvalue weighted by Crippen LogP contribution is -2.42. The molecule has 1 aromatic heterocycles. The maximum Gasteiger partial charge on any atom is 0.324 e. The van der Waals surface area contributed by atoms with Gasteiger partial charge in [-0.2, -0.15) is 0 Å². The summed E-state index contributed by atoms with van der Waals surface area (Å²) >= 11 is 0. The number of amides is 3. The molecule has 0 saturated heterocycles. The predicted octanol–water partition coefficient (Wildman–Crippen LogP) is 3.73. The van der Waals surface area contributed by atoms with Gasteiger partial charge in [-0.1, -0.05) is 32.0 Å². The monoisotopic (exact) mass is 465 g/mol. The van der Waals surface area contributed by atoms with Crippen molar-refractivity contribution in [3.05, 3.63) is 54.2 Å². The van der Waals surface area contributed by atoms with E-state index in [4.69, 9.17) is 5.11 Å². The number of nitrogens with zero attached hydrogens (tertiary/aromatic N) is 2. The van der Waals surface area contributed by atoms with Gasteiger partial charge in [-0.05, 0) is 54.5 Å². The van der Waals surface area contributed by atoms with Crippen LogP contribution in [-0.4, -0.2) is 46.3 Å². The molecule has 0 radical (unpaired) electrons. The fourth-order valence-corrected chi connectivity index (χ4v) is 3.91. The molecule has 4 N–H and O–H groups in total. The number of nitrogens with one attached hydrogen (secondary N) is 3. The molecule has 3 amide bonds. The average molecular weight is 466 g/mol. The normalized spacial score (nSPS) is 16.0. The van der Waals surface area contributed by atoms with E-state index < -0.39 is 12.0 Å². The number of aromatic nitrogens is 1. The van der Waals surface area contributed by atoms with Crippen LogP contribution < -0.4 is 16.0 Å². The van der Waals surface area contributed by atoms with Crippen LogP contribution in [0.15, 0.2) is 53.7 Å². The molecule has 0 spiro atoms. The molecule has 34 heavy (non-hydrogen) atoms. The van der Waals surface area contributed by atoms with Crippen molar-refractivity contribution in [1.82, 2.24) is 10.3 Å². The first-order chi connectivity index (χ1) is 16.3. The van der Waals surface area contributed by atoms with Crippen LogP contribution in [0.2, 0.25) is 0 Å². The van der Waals surface area contributed by atoms with E-state index in [1.54, 1.807) is 48.7 Å². The van der Waals surface area contributed by atoms with Crippen LogP contribution in [-0.2, 0) is 16.0 Å². The highest BCUT2D eigenvalue weighted by Crippen LogP contribution is 2.22. The van der Waals surface area contributed by atoms with Crippen molar-refractivity contribution in [3.63, 3.8) is 0 Å². The van der Waals surface area contributed by atoms with Crippen LogP contribution in [0.4, 0.5) is 16.3 Å². The number of anilines is 2. The summed E-state index contributed by atoms with van der Waals surface area (Å²) in [5.74, 6) is -0.143. The highest BCUT2D eigenvalue weighted by atomic mass is 16.4. The molecule has 0 aliphatic carbocycles. The number of carboxylic acid groups (broad SMARTS) is 1. The van der Waals surface area contributed by atoms with Crippen LogP contribution >= 0.6 is 0 Å². The Morgan fingerprint density at radius 1 is 1.09 bits per heavy atom. The molecule has 0 fully saturated rings. The summed E-state index contributed by atoms with van der Waals surface area (Å²) in [7, 11) is 0. The SMILES string of the molecule is CC(C)CC(NC(=O)Cc1ccc(NC(=O)Nc2ccccn2)cc1)C1=NCC(CC(=O)O)C1. The zero-order chi connectivity index (χ0) is 24.5. The number of pyridine rings is 1. The molecule has 9 heteroatoms. The molecule has 0 bridgehead atoms. The minimum atomic E-state index is -0.821.